The molecule has 0 rings (SSSR count). The van der Waals surface area contributed by atoms with Gasteiger partial charge in [-0.15, -0.1) is 4.91 Å². The van der Waals surface area contributed by atoms with Crippen LogP contribution in [0.1, 0.15) is 13.3 Å². The van der Waals surface area contributed by atoms with Crippen LogP contribution < -0.4 is 0 Å². The Labute approximate surface area is 58.9 Å². The van der Waals surface area contributed by atoms with Crippen LogP contribution in [0.2, 0.25) is 0 Å². The number of ether oxygens (including phenoxy) is 1. The number of nitroso groups, excluding NO2 is 1. The maximum absolute atomic E-state index is 10.5. The Bertz CT molecular complexity index is 126. The second-order valence-electron chi connectivity index (χ2n) is 1.67. The summed E-state index contributed by atoms with van der Waals surface area (Å²) >= 11 is 0. The van der Waals surface area contributed by atoms with E-state index < -0.39 is 6.09 Å². The molecule has 0 N–H and O–H groups in total. The second kappa shape index (κ2) is 4.72. The average molecular weight is 146 g/mol. The molecule has 0 saturated heterocycles. The zero-order valence-electron chi connectivity index (χ0n) is 6.03. The van der Waals surface area contributed by atoms with Gasteiger partial charge in [0.1, 0.15) is 0 Å². The molecule has 58 valence electrons. The lowest BCUT2D eigenvalue weighted by atomic mass is 10.5. The standard InChI is InChI=1S/C5H10N2O3/c1-3-4-7(6-9)5(8)10-2/h3-4H2,1-2H3. The predicted octanol–water partition coefficient (Wildman–Crippen LogP) is 1.15. The van der Waals surface area contributed by atoms with Crippen molar-refractivity contribution < 1.29 is 9.53 Å². The van der Waals surface area contributed by atoms with Crippen molar-refractivity contribution in [1.82, 2.24) is 5.01 Å². The molecule has 0 aliphatic carbocycles. The van der Waals surface area contributed by atoms with Crippen LogP contribution >= 0.6 is 0 Å². The van der Waals surface area contributed by atoms with Crippen molar-refractivity contribution in [3.05, 3.63) is 4.91 Å². The predicted molar refractivity (Wildman–Crippen MR) is 35.2 cm³/mol. The van der Waals surface area contributed by atoms with E-state index in [9.17, 15) is 9.70 Å². The molecule has 10 heavy (non-hydrogen) atoms. The molecule has 0 aromatic rings. The summed E-state index contributed by atoms with van der Waals surface area (Å²) < 4.78 is 4.25. The number of methoxy groups -OCH3 is 1. The van der Waals surface area contributed by atoms with Crippen LogP contribution in [0.4, 0.5) is 4.79 Å². The third kappa shape index (κ3) is 2.43. The highest BCUT2D eigenvalue weighted by Gasteiger charge is 2.11. The summed E-state index contributed by atoms with van der Waals surface area (Å²) in [5.74, 6) is 0. The summed E-state index contributed by atoms with van der Waals surface area (Å²) in [6.07, 6.45) is -0.0299. The maximum atomic E-state index is 10.5. The van der Waals surface area contributed by atoms with E-state index in [-0.39, 0.29) is 0 Å². The van der Waals surface area contributed by atoms with Crippen LogP contribution in [0.3, 0.4) is 0 Å². The van der Waals surface area contributed by atoms with Crippen LogP contribution in [0, 0.1) is 4.91 Å². The number of amides is 1. The van der Waals surface area contributed by atoms with Gasteiger partial charge in [0, 0.05) is 0 Å². The van der Waals surface area contributed by atoms with Gasteiger partial charge in [0.15, 0.2) is 0 Å². The molecule has 0 unspecified atom stereocenters. The quantitative estimate of drug-likeness (QED) is 0.443. The molecule has 0 heterocycles. The Hall–Kier alpha value is -1.13. The minimum Gasteiger partial charge on any atom is -0.451 e. The van der Waals surface area contributed by atoms with Crippen molar-refractivity contribution >= 4 is 6.09 Å². The van der Waals surface area contributed by atoms with E-state index in [0.29, 0.717) is 13.0 Å². The third-order valence-electron chi connectivity index (χ3n) is 0.919. The van der Waals surface area contributed by atoms with Gasteiger partial charge in [-0.3, -0.25) is 0 Å². The minimum absolute atomic E-state index is 0.302. The van der Waals surface area contributed by atoms with Gasteiger partial charge in [0.25, 0.3) is 0 Å². The lowest BCUT2D eigenvalue weighted by Gasteiger charge is -2.08. The highest BCUT2D eigenvalue weighted by atomic mass is 16.6. The Kier molecular flexibility index (Phi) is 4.19. The van der Waals surface area contributed by atoms with Crippen molar-refractivity contribution in [3.8, 4) is 0 Å². The normalized spacial score (nSPS) is 8.60. The Morgan fingerprint density at radius 2 is 2.30 bits per heavy atom. The van der Waals surface area contributed by atoms with Gasteiger partial charge in [-0.2, -0.15) is 5.01 Å². The van der Waals surface area contributed by atoms with Gasteiger partial charge < -0.3 is 4.74 Å². The Morgan fingerprint density at radius 1 is 1.70 bits per heavy atom. The van der Waals surface area contributed by atoms with Crippen LogP contribution in [0.15, 0.2) is 5.29 Å². The first-order valence-corrected chi connectivity index (χ1v) is 2.95. The highest BCUT2D eigenvalue weighted by molar-refractivity contribution is 5.66. The maximum Gasteiger partial charge on any atom is 0.432 e. The molecule has 0 fully saturated rings. The zero-order chi connectivity index (χ0) is 7.98. The molecule has 0 aliphatic heterocycles. The van der Waals surface area contributed by atoms with Gasteiger partial charge >= 0.3 is 6.09 Å². The van der Waals surface area contributed by atoms with E-state index in [1.165, 1.54) is 7.11 Å². The van der Waals surface area contributed by atoms with Crippen LogP contribution in [-0.2, 0) is 4.74 Å². The van der Waals surface area contributed by atoms with E-state index in [0.717, 1.165) is 5.01 Å². The third-order valence-corrected chi connectivity index (χ3v) is 0.919. The average Bonchev–Trinajstić information content (AvgIpc) is 1.99. The summed E-state index contributed by atoms with van der Waals surface area (Å²) in [5.41, 5.74) is 0. The molecule has 0 bridgehead atoms. The smallest absolute Gasteiger partial charge is 0.432 e. The van der Waals surface area contributed by atoms with Crippen LogP contribution in [0.5, 0.6) is 0 Å². The van der Waals surface area contributed by atoms with Crippen molar-refractivity contribution in [1.29, 1.82) is 0 Å². The fourth-order valence-corrected chi connectivity index (χ4v) is 0.483. The van der Waals surface area contributed by atoms with E-state index in [4.69, 9.17) is 0 Å². The molecular weight excluding hydrogens is 136 g/mol. The largest absolute Gasteiger partial charge is 0.451 e. The van der Waals surface area contributed by atoms with Gasteiger partial charge in [-0.05, 0) is 6.42 Å². The molecule has 0 spiro atoms. The van der Waals surface area contributed by atoms with Gasteiger partial charge in [-0.1, -0.05) is 6.92 Å². The van der Waals surface area contributed by atoms with Crippen LogP contribution in [0.25, 0.3) is 0 Å². The minimum atomic E-state index is -0.711. The lowest BCUT2D eigenvalue weighted by molar-refractivity contribution is 0.124. The van der Waals surface area contributed by atoms with Crippen molar-refractivity contribution in [2.45, 2.75) is 13.3 Å². The summed E-state index contributed by atoms with van der Waals surface area (Å²) in [5, 5.41) is 3.19. The van der Waals surface area contributed by atoms with E-state index in [1.54, 1.807) is 0 Å². The molecule has 1 amide bonds. The van der Waals surface area contributed by atoms with Crippen molar-refractivity contribution in [2.75, 3.05) is 13.7 Å². The molecular formula is C5H10N2O3. The summed E-state index contributed by atoms with van der Waals surface area (Å²) in [7, 11) is 1.20. The first-order valence-electron chi connectivity index (χ1n) is 2.95. The monoisotopic (exact) mass is 146 g/mol. The molecule has 0 atom stereocenters. The SMILES string of the molecule is CCCN(N=O)C(=O)OC. The first kappa shape index (κ1) is 8.87. The number of carbonyl (C=O) groups is 1. The highest BCUT2D eigenvalue weighted by Crippen LogP contribution is 1.94. The molecule has 0 radical (unpaired) electrons. The first-order chi connectivity index (χ1) is 4.76. The summed E-state index contributed by atoms with van der Waals surface area (Å²) in [6.45, 7) is 2.14. The second-order valence-corrected chi connectivity index (χ2v) is 1.67. The van der Waals surface area contributed by atoms with Crippen molar-refractivity contribution in [3.63, 3.8) is 0 Å². The topological polar surface area (TPSA) is 59.0 Å². The lowest BCUT2D eigenvalue weighted by Crippen LogP contribution is -2.25. The number of nitrogens with zero attached hydrogens (tertiary/aromatic N) is 2. The number of hydrogen-bond acceptors (Lipinski definition) is 4. The molecule has 0 aromatic carbocycles. The number of carbonyl (C=O) groups excluding carboxylic acids is 1. The number of rotatable bonds is 3. The van der Waals surface area contributed by atoms with Gasteiger partial charge in [0.2, 0.25) is 0 Å². The van der Waals surface area contributed by atoms with E-state index in [2.05, 4.69) is 10.0 Å². The molecule has 0 aromatic heterocycles. The summed E-state index contributed by atoms with van der Waals surface area (Å²) in [4.78, 5) is 20.4. The number of hydrogen-bond donors (Lipinski definition) is 0. The molecule has 0 aliphatic rings. The van der Waals surface area contributed by atoms with E-state index in [1.807, 2.05) is 6.92 Å². The molecule has 0 saturated carbocycles. The fraction of sp³-hybridized carbons (Fsp3) is 0.800. The van der Waals surface area contributed by atoms with E-state index >= 15 is 0 Å². The van der Waals surface area contributed by atoms with Crippen LogP contribution in [-0.4, -0.2) is 24.8 Å². The zero-order valence-corrected chi connectivity index (χ0v) is 6.03. The van der Waals surface area contributed by atoms with Crippen molar-refractivity contribution in [2.24, 2.45) is 5.29 Å². The molecule has 5 heteroatoms. The van der Waals surface area contributed by atoms with Gasteiger partial charge in [0.05, 0.1) is 18.9 Å². The fourth-order valence-electron chi connectivity index (χ4n) is 0.483. The Morgan fingerprint density at radius 3 is 2.60 bits per heavy atom. The Balaban J connectivity index is 3.80. The van der Waals surface area contributed by atoms with Gasteiger partial charge in [-0.25, -0.2) is 4.79 Å². The molecule has 5 nitrogen and oxygen atoms in total. The summed E-state index contributed by atoms with van der Waals surface area (Å²) in [6, 6.07) is 0.